The molecule has 1 saturated heterocycles. The van der Waals surface area contributed by atoms with Crippen molar-refractivity contribution >= 4 is 11.6 Å². The highest BCUT2D eigenvalue weighted by Crippen LogP contribution is 2.34. The van der Waals surface area contributed by atoms with Crippen LogP contribution in [-0.4, -0.2) is 58.6 Å². The van der Waals surface area contributed by atoms with Gasteiger partial charge in [-0.25, -0.2) is 0 Å². The summed E-state index contributed by atoms with van der Waals surface area (Å²) in [5.74, 6) is 2.21. The van der Waals surface area contributed by atoms with Gasteiger partial charge < -0.3 is 18.9 Å². The molecule has 0 radical (unpaired) electrons. The second-order valence-electron chi connectivity index (χ2n) is 6.40. The number of nitrogens with zero attached hydrogens (tertiary/aromatic N) is 1. The van der Waals surface area contributed by atoms with Gasteiger partial charge in [0.2, 0.25) is 0 Å². The third kappa shape index (κ3) is 5.28. The highest BCUT2D eigenvalue weighted by atomic mass is 35.5. The van der Waals surface area contributed by atoms with Crippen LogP contribution >= 0.6 is 11.6 Å². The lowest BCUT2D eigenvalue weighted by Crippen LogP contribution is -2.38. The first-order chi connectivity index (χ1) is 13.2. The van der Waals surface area contributed by atoms with Crippen LogP contribution in [0.2, 0.25) is 5.02 Å². The summed E-state index contributed by atoms with van der Waals surface area (Å²) in [6, 6.07) is 11.8. The summed E-state index contributed by atoms with van der Waals surface area (Å²) >= 11 is 6.27. The minimum atomic E-state index is 0.604. The third-order valence-corrected chi connectivity index (χ3v) is 4.94. The van der Waals surface area contributed by atoms with E-state index in [1.54, 1.807) is 14.2 Å². The van der Waals surface area contributed by atoms with Crippen molar-refractivity contribution in [1.82, 2.24) is 4.90 Å². The molecule has 0 aromatic heterocycles. The molecule has 5 nitrogen and oxygen atoms in total. The van der Waals surface area contributed by atoms with Gasteiger partial charge in [0.15, 0.2) is 11.5 Å². The molecule has 1 fully saturated rings. The molecule has 146 valence electrons. The molecule has 0 saturated carbocycles. The van der Waals surface area contributed by atoms with Gasteiger partial charge in [0.25, 0.3) is 0 Å². The first kappa shape index (κ1) is 19.8. The Balaban J connectivity index is 1.71. The van der Waals surface area contributed by atoms with Crippen molar-refractivity contribution in [3.8, 4) is 17.2 Å². The van der Waals surface area contributed by atoms with E-state index in [1.807, 2.05) is 30.3 Å². The predicted molar refractivity (Wildman–Crippen MR) is 107 cm³/mol. The molecule has 2 aromatic rings. The molecular formula is C21H26ClNO4. The van der Waals surface area contributed by atoms with E-state index < -0.39 is 0 Å². The Morgan fingerprint density at radius 2 is 1.81 bits per heavy atom. The van der Waals surface area contributed by atoms with E-state index in [1.165, 1.54) is 0 Å². The van der Waals surface area contributed by atoms with Crippen LogP contribution in [0.4, 0.5) is 0 Å². The van der Waals surface area contributed by atoms with Gasteiger partial charge in [-0.3, -0.25) is 4.90 Å². The molecule has 0 amide bonds. The Hall–Kier alpha value is -1.95. The topological polar surface area (TPSA) is 40.2 Å². The third-order valence-electron chi connectivity index (χ3n) is 4.65. The van der Waals surface area contributed by atoms with E-state index in [9.17, 15) is 0 Å². The van der Waals surface area contributed by atoms with Gasteiger partial charge in [0, 0.05) is 31.6 Å². The van der Waals surface area contributed by atoms with E-state index in [2.05, 4.69) is 11.0 Å². The molecule has 0 unspecified atom stereocenters. The Morgan fingerprint density at radius 1 is 1.04 bits per heavy atom. The SMILES string of the molecule is COc1ccc(Cc2cccc(OC)c2OCCN2CCOCC2)cc1Cl. The number of morpholine rings is 1. The van der Waals surface area contributed by atoms with Gasteiger partial charge in [-0.05, 0) is 23.8 Å². The number of hydrogen-bond acceptors (Lipinski definition) is 5. The second-order valence-corrected chi connectivity index (χ2v) is 6.80. The average molecular weight is 392 g/mol. The van der Waals surface area contributed by atoms with Crippen molar-refractivity contribution in [3.63, 3.8) is 0 Å². The van der Waals surface area contributed by atoms with E-state index >= 15 is 0 Å². The smallest absolute Gasteiger partial charge is 0.164 e. The largest absolute Gasteiger partial charge is 0.495 e. The Kier molecular flexibility index (Phi) is 7.21. The Bertz CT molecular complexity index is 747. The van der Waals surface area contributed by atoms with E-state index in [4.69, 9.17) is 30.5 Å². The number of ether oxygens (including phenoxy) is 4. The van der Waals surface area contributed by atoms with E-state index in [0.717, 1.165) is 55.5 Å². The molecule has 0 atom stereocenters. The maximum absolute atomic E-state index is 6.27. The lowest BCUT2D eigenvalue weighted by atomic mass is 10.0. The Morgan fingerprint density at radius 3 is 2.52 bits per heavy atom. The van der Waals surface area contributed by atoms with E-state index in [0.29, 0.717) is 23.8 Å². The summed E-state index contributed by atoms with van der Waals surface area (Å²) in [6.07, 6.45) is 0.702. The van der Waals surface area contributed by atoms with Crippen LogP contribution in [0.25, 0.3) is 0 Å². The molecule has 0 spiro atoms. The normalized spacial score (nSPS) is 14.8. The van der Waals surface area contributed by atoms with Crippen LogP contribution in [0, 0.1) is 0 Å². The Labute approximate surface area is 165 Å². The van der Waals surface area contributed by atoms with Gasteiger partial charge in [0.1, 0.15) is 12.4 Å². The molecule has 1 aliphatic heterocycles. The molecule has 27 heavy (non-hydrogen) atoms. The maximum Gasteiger partial charge on any atom is 0.164 e. The van der Waals surface area contributed by atoms with Crippen LogP contribution in [-0.2, 0) is 11.2 Å². The summed E-state index contributed by atoms with van der Waals surface area (Å²) < 4.78 is 22.3. The molecule has 1 aliphatic rings. The predicted octanol–water partition coefficient (Wildman–Crippen LogP) is 3.66. The van der Waals surface area contributed by atoms with Crippen LogP contribution in [0.5, 0.6) is 17.2 Å². The summed E-state index contributed by atoms with van der Waals surface area (Å²) in [4.78, 5) is 2.35. The number of benzene rings is 2. The molecular weight excluding hydrogens is 366 g/mol. The standard InChI is InChI=1S/C21H26ClNO4/c1-24-19-7-6-16(15-18(19)22)14-17-4-3-5-20(25-2)21(17)27-13-10-23-8-11-26-12-9-23/h3-7,15H,8-14H2,1-2H3. The lowest BCUT2D eigenvalue weighted by molar-refractivity contribution is 0.0320. The number of hydrogen-bond donors (Lipinski definition) is 0. The number of para-hydroxylation sites is 1. The average Bonchev–Trinajstić information content (AvgIpc) is 2.70. The summed E-state index contributed by atoms with van der Waals surface area (Å²) in [6.45, 7) is 4.96. The fourth-order valence-electron chi connectivity index (χ4n) is 3.17. The number of methoxy groups -OCH3 is 2. The summed E-state index contributed by atoms with van der Waals surface area (Å²) in [7, 11) is 3.28. The zero-order chi connectivity index (χ0) is 19.1. The molecule has 3 rings (SSSR count). The van der Waals surface area contributed by atoms with Crippen molar-refractivity contribution in [2.45, 2.75) is 6.42 Å². The lowest BCUT2D eigenvalue weighted by Gasteiger charge is -2.26. The number of rotatable bonds is 8. The monoisotopic (exact) mass is 391 g/mol. The van der Waals surface area contributed by atoms with Gasteiger partial charge >= 0.3 is 0 Å². The minimum absolute atomic E-state index is 0.604. The zero-order valence-corrected chi connectivity index (χ0v) is 16.6. The van der Waals surface area contributed by atoms with Crippen LogP contribution in [0.1, 0.15) is 11.1 Å². The molecule has 0 bridgehead atoms. The van der Waals surface area contributed by atoms with Crippen LogP contribution in [0.3, 0.4) is 0 Å². The van der Waals surface area contributed by atoms with Crippen molar-refractivity contribution in [2.24, 2.45) is 0 Å². The first-order valence-electron chi connectivity index (χ1n) is 9.12. The quantitative estimate of drug-likeness (QED) is 0.686. The molecule has 1 heterocycles. The van der Waals surface area contributed by atoms with Crippen LogP contribution < -0.4 is 14.2 Å². The summed E-state index contributed by atoms with van der Waals surface area (Å²) in [5, 5.41) is 0.604. The van der Waals surface area contributed by atoms with Gasteiger partial charge in [-0.2, -0.15) is 0 Å². The highest BCUT2D eigenvalue weighted by molar-refractivity contribution is 6.32. The zero-order valence-electron chi connectivity index (χ0n) is 15.9. The fraction of sp³-hybridized carbons (Fsp3) is 0.429. The van der Waals surface area contributed by atoms with Crippen molar-refractivity contribution < 1.29 is 18.9 Å². The summed E-state index contributed by atoms with van der Waals surface area (Å²) in [5.41, 5.74) is 2.16. The van der Waals surface area contributed by atoms with Crippen molar-refractivity contribution in [3.05, 3.63) is 52.5 Å². The molecule has 0 N–H and O–H groups in total. The molecule has 6 heteroatoms. The molecule has 0 aliphatic carbocycles. The van der Waals surface area contributed by atoms with Crippen molar-refractivity contribution in [2.75, 3.05) is 53.7 Å². The second kappa shape index (κ2) is 9.83. The van der Waals surface area contributed by atoms with Gasteiger partial charge in [0.05, 0.1) is 32.5 Å². The maximum atomic E-state index is 6.27. The fourth-order valence-corrected chi connectivity index (χ4v) is 3.45. The van der Waals surface area contributed by atoms with Gasteiger partial charge in [-0.1, -0.05) is 29.8 Å². The van der Waals surface area contributed by atoms with Crippen LogP contribution in [0.15, 0.2) is 36.4 Å². The first-order valence-corrected chi connectivity index (χ1v) is 9.50. The number of halogens is 1. The minimum Gasteiger partial charge on any atom is -0.495 e. The molecule has 2 aromatic carbocycles. The highest BCUT2D eigenvalue weighted by Gasteiger charge is 2.14. The van der Waals surface area contributed by atoms with E-state index in [-0.39, 0.29) is 0 Å². The van der Waals surface area contributed by atoms with Gasteiger partial charge in [-0.15, -0.1) is 0 Å². The van der Waals surface area contributed by atoms with Crippen molar-refractivity contribution in [1.29, 1.82) is 0 Å².